The number of fused-ring (bicyclic) bond motifs is 1. The van der Waals surface area contributed by atoms with E-state index in [4.69, 9.17) is 9.72 Å². The summed E-state index contributed by atoms with van der Waals surface area (Å²) in [5.41, 5.74) is 2.01. The van der Waals surface area contributed by atoms with Gasteiger partial charge in [0.25, 0.3) is 5.91 Å². The predicted molar refractivity (Wildman–Crippen MR) is 102 cm³/mol. The Labute approximate surface area is 164 Å². The second-order valence-corrected chi connectivity index (χ2v) is 7.34. The highest BCUT2D eigenvalue weighted by molar-refractivity contribution is 5.81. The average Bonchev–Trinajstić information content (AvgIpc) is 3.27. The summed E-state index contributed by atoms with van der Waals surface area (Å²) in [6.07, 6.45) is 3.39. The molecule has 2 aliphatic heterocycles. The van der Waals surface area contributed by atoms with Crippen molar-refractivity contribution in [2.75, 3.05) is 19.6 Å². The molecule has 2 aromatic rings. The van der Waals surface area contributed by atoms with E-state index in [-0.39, 0.29) is 11.7 Å². The third kappa shape index (κ3) is 3.85. The molecule has 1 aromatic carbocycles. The standard InChI is InChI=1S/C21H25FN4O2/c1-2-18(28-19-6-4-3-5-16(19)22)21(27)26-10-8-17-15(13-26)12-24-20(25-17)14-7-9-23-11-14/h3-6,12,14,18,23H,2,7-11,13H2,1H3/t14-,18-/m0/s1. The highest BCUT2D eigenvalue weighted by Gasteiger charge is 2.30. The van der Waals surface area contributed by atoms with Gasteiger partial charge in [0.15, 0.2) is 17.7 Å². The summed E-state index contributed by atoms with van der Waals surface area (Å²) in [6, 6.07) is 6.17. The van der Waals surface area contributed by atoms with Gasteiger partial charge in [0.05, 0.1) is 5.69 Å². The van der Waals surface area contributed by atoms with E-state index < -0.39 is 11.9 Å². The minimum Gasteiger partial charge on any atom is -0.478 e. The number of ether oxygens (including phenoxy) is 1. The quantitative estimate of drug-likeness (QED) is 0.858. The second kappa shape index (κ2) is 8.22. The maximum atomic E-state index is 13.9. The van der Waals surface area contributed by atoms with Crippen LogP contribution in [0.1, 0.15) is 42.8 Å². The van der Waals surface area contributed by atoms with Gasteiger partial charge in [-0.25, -0.2) is 14.4 Å². The van der Waals surface area contributed by atoms with Crippen molar-refractivity contribution in [2.45, 2.75) is 44.8 Å². The number of carbonyl (C=O) groups excluding carboxylic acids is 1. The van der Waals surface area contributed by atoms with Crippen LogP contribution in [0, 0.1) is 5.82 Å². The number of carbonyl (C=O) groups is 1. The van der Waals surface area contributed by atoms with Crippen LogP contribution >= 0.6 is 0 Å². The lowest BCUT2D eigenvalue weighted by atomic mass is 10.0. The van der Waals surface area contributed by atoms with E-state index in [1.54, 1.807) is 23.1 Å². The number of nitrogens with one attached hydrogen (secondary N) is 1. The van der Waals surface area contributed by atoms with Gasteiger partial charge in [-0.05, 0) is 31.5 Å². The maximum Gasteiger partial charge on any atom is 0.263 e. The lowest BCUT2D eigenvalue weighted by Gasteiger charge is -2.31. The van der Waals surface area contributed by atoms with Crippen molar-refractivity contribution >= 4 is 5.91 Å². The van der Waals surface area contributed by atoms with Gasteiger partial charge in [-0.2, -0.15) is 0 Å². The van der Waals surface area contributed by atoms with Crippen LogP contribution in [0.25, 0.3) is 0 Å². The number of amides is 1. The van der Waals surface area contributed by atoms with E-state index in [0.29, 0.717) is 31.8 Å². The number of hydrogen-bond donors (Lipinski definition) is 1. The molecule has 1 aromatic heterocycles. The van der Waals surface area contributed by atoms with Crippen LogP contribution in [-0.2, 0) is 17.8 Å². The molecule has 2 aliphatic rings. The zero-order valence-corrected chi connectivity index (χ0v) is 16.0. The Kier molecular flexibility index (Phi) is 5.52. The third-order valence-electron chi connectivity index (χ3n) is 5.44. The molecule has 2 atom stereocenters. The summed E-state index contributed by atoms with van der Waals surface area (Å²) >= 11 is 0. The van der Waals surface area contributed by atoms with Crippen molar-refractivity contribution in [3.05, 3.63) is 53.4 Å². The van der Waals surface area contributed by atoms with Crippen LogP contribution < -0.4 is 10.1 Å². The molecule has 0 bridgehead atoms. The van der Waals surface area contributed by atoms with Crippen molar-refractivity contribution in [1.82, 2.24) is 20.2 Å². The van der Waals surface area contributed by atoms with E-state index in [2.05, 4.69) is 10.3 Å². The summed E-state index contributed by atoms with van der Waals surface area (Å²) in [4.78, 5) is 24.0. The number of nitrogens with zero attached hydrogens (tertiary/aromatic N) is 3. The zero-order chi connectivity index (χ0) is 19.5. The maximum absolute atomic E-state index is 13.9. The molecule has 0 unspecified atom stereocenters. The molecule has 1 N–H and O–H groups in total. The first kappa shape index (κ1) is 18.8. The van der Waals surface area contributed by atoms with Crippen molar-refractivity contribution in [1.29, 1.82) is 0 Å². The first-order valence-electron chi connectivity index (χ1n) is 9.91. The number of rotatable bonds is 5. The highest BCUT2D eigenvalue weighted by Crippen LogP contribution is 2.24. The predicted octanol–water partition coefficient (Wildman–Crippen LogP) is 2.43. The molecule has 0 radical (unpaired) electrons. The SMILES string of the molecule is CC[C@H](Oc1ccccc1F)C(=O)N1CCc2nc([C@H]3CCNC3)ncc2C1. The van der Waals surface area contributed by atoms with Gasteiger partial charge in [-0.1, -0.05) is 19.1 Å². The number of halogens is 1. The zero-order valence-electron chi connectivity index (χ0n) is 16.0. The summed E-state index contributed by atoms with van der Waals surface area (Å²) in [5.74, 6) is 0.806. The molecule has 7 heteroatoms. The summed E-state index contributed by atoms with van der Waals surface area (Å²) in [5, 5.41) is 3.34. The molecule has 1 amide bonds. The number of benzene rings is 1. The van der Waals surface area contributed by atoms with Gasteiger partial charge < -0.3 is 15.0 Å². The van der Waals surface area contributed by atoms with Crippen LogP contribution in [0.4, 0.5) is 4.39 Å². The van der Waals surface area contributed by atoms with Gasteiger partial charge >= 0.3 is 0 Å². The van der Waals surface area contributed by atoms with E-state index in [9.17, 15) is 9.18 Å². The Balaban J connectivity index is 1.45. The fourth-order valence-electron chi connectivity index (χ4n) is 3.80. The lowest BCUT2D eigenvalue weighted by Crippen LogP contribution is -2.44. The Hall–Kier alpha value is -2.54. The van der Waals surface area contributed by atoms with E-state index in [1.807, 2.05) is 13.1 Å². The van der Waals surface area contributed by atoms with Gasteiger partial charge in [0, 0.05) is 43.7 Å². The van der Waals surface area contributed by atoms with Crippen LogP contribution in [-0.4, -0.2) is 46.5 Å². The van der Waals surface area contributed by atoms with E-state index in [0.717, 1.165) is 36.6 Å². The van der Waals surface area contributed by atoms with Gasteiger partial charge in [0.1, 0.15) is 5.82 Å². The van der Waals surface area contributed by atoms with Crippen molar-refractivity contribution in [3.8, 4) is 5.75 Å². The monoisotopic (exact) mass is 384 g/mol. The minimum absolute atomic E-state index is 0.109. The van der Waals surface area contributed by atoms with Gasteiger partial charge in [-0.3, -0.25) is 4.79 Å². The lowest BCUT2D eigenvalue weighted by molar-refractivity contribution is -0.140. The Morgan fingerprint density at radius 3 is 3.04 bits per heavy atom. The Bertz CT molecular complexity index is 854. The first-order valence-corrected chi connectivity index (χ1v) is 9.91. The van der Waals surface area contributed by atoms with Gasteiger partial charge in [-0.15, -0.1) is 0 Å². The molecule has 0 spiro atoms. The average molecular weight is 384 g/mol. The highest BCUT2D eigenvalue weighted by atomic mass is 19.1. The van der Waals surface area contributed by atoms with Crippen LogP contribution in [0.3, 0.4) is 0 Å². The largest absolute Gasteiger partial charge is 0.478 e. The molecule has 0 saturated carbocycles. The van der Waals surface area contributed by atoms with Gasteiger partial charge in [0.2, 0.25) is 0 Å². The van der Waals surface area contributed by atoms with Crippen molar-refractivity contribution in [3.63, 3.8) is 0 Å². The summed E-state index contributed by atoms with van der Waals surface area (Å²) in [6.45, 7) is 4.85. The summed E-state index contributed by atoms with van der Waals surface area (Å²) in [7, 11) is 0. The Morgan fingerprint density at radius 2 is 2.29 bits per heavy atom. The molecule has 1 fully saturated rings. The molecule has 6 nitrogen and oxygen atoms in total. The normalized spacial score (nSPS) is 19.9. The summed E-state index contributed by atoms with van der Waals surface area (Å²) < 4.78 is 19.6. The molecule has 1 saturated heterocycles. The minimum atomic E-state index is -0.705. The van der Waals surface area contributed by atoms with Crippen molar-refractivity contribution < 1.29 is 13.9 Å². The molecule has 28 heavy (non-hydrogen) atoms. The molecule has 148 valence electrons. The van der Waals surface area contributed by atoms with Crippen LogP contribution in [0.5, 0.6) is 5.75 Å². The van der Waals surface area contributed by atoms with Crippen LogP contribution in [0.2, 0.25) is 0 Å². The van der Waals surface area contributed by atoms with E-state index in [1.165, 1.54) is 6.07 Å². The molecule has 4 rings (SSSR count). The van der Waals surface area contributed by atoms with E-state index >= 15 is 0 Å². The second-order valence-electron chi connectivity index (χ2n) is 7.34. The van der Waals surface area contributed by atoms with Crippen LogP contribution in [0.15, 0.2) is 30.5 Å². The fraction of sp³-hybridized carbons (Fsp3) is 0.476. The first-order chi connectivity index (χ1) is 13.7. The fourth-order valence-corrected chi connectivity index (χ4v) is 3.80. The van der Waals surface area contributed by atoms with Crippen molar-refractivity contribution in [2.24, 2.45) is 0 Å². The molecule has 3 heterocycles. The number of hydrogen-bond acceptors (Lipinski definition) is 5. The topological polar surface area (TPSA) is 67.3 Å². The number of para-hydroxylation sites is 1. The smallest absolute Gasteiger partial charge is 0.263 e. The Morgan fingerprint density at radius 1 is 1.43 bits per heavy atom. The molecular formula is C21H25FN4O2. The molecule has 0 aliphatic carbocycles. The number of aromatic nitrogens is 2. The third-order valence-corrected chi connectivity index (χ3v) is 5.44. The molecular weight excluding hydrogens is 359 g/mol.